The molecular weight excluding hydrogens is 288 g/mol. The number of para-hydroxylation sites is 1. The molecule has 1 amide bonds. The number of benzene rings is 2. The quantitative estimate of drug-likeness (QED) is 0.773. The summed E-state index contributed by atoms with van der Waals surface area (Å²) >= 11 is 0. The lowest BCUT2D eigenvalue weighted by Gasteiger charge is -2.10. The lowest BCUT2D eigenvalue weighted by molar-refractivity contribution is -0.119. The lowest BCUT2D eigenvalue weighted by Crippen LogP contribution is -2.31. The molecular formula is C19H24N2O2. The van der Waals surface area contributed by atoms with Gasteiger partial charge in [-0.25, -0.2) is 0 Å². The molecule has 2 aromatic rings. The SMILES string of the molecule is CC(C)CCNC(=O)CNc1ccc(Oc2ccccc2)cc1. The van der Waals surface area contributed by atoms with E-state index in [1.165, 1.54) is 0 Å². The van der Waals surface area contributed by atoms with Crippen molar-refractivity contribution in [2.45, 2.75) is 20.3 Å². The van der Waals surface area contributed by atoms with Crippen LogP contribution in [0.3, 0.4) is 0 Å². The standard InChI is InChI=1S/C19H24N2O2/c1-15(2)12-13-20-19(22)14-21-16-8-10-18(11-9-16)23-17-6-4-3-5-7-17/h3-11,15,21H,12-14H2,1-2H3,(H,20,22). The van der Waals surface area contributed by atoms with Crippen LogP contribution in [0.1, 0.15) is 20.3 Å². The van der Waals surface area contributed by atoms with Crippen molar-refractivity contribution in [3.63, 3.8) is 0 Å². The van der Waals surface area contributed by atoms with Gasteiger partial charge in [0.15, 0.2) is 0 Å². The highest BCUT2D eigenvalue weighted by molar-refractivity contribution is 5.80. The van der Waals surface area contributed by atoms with Crippen LogP contribution in [0.4, 0.5) is 5.69 Å². The summed E-state index contributed by atoms with van der Waals surface area (Å²) in [6, 6.07) is 17.2. The minimum Gasteiger partial charge on any atom is -0.457 e. The fourth-order valence-electron chi connectivity index (χ4n) is 2.01. The smallest absolute Gasteiger partial charge is 0.239 e. The maximum absolute atomic E-state index is 11.7. The van der Waals surface area contributed by atoms with Gasteiger partial charge >= 0.3 is 0 Å². The van der Waals surface area contributed by atoms with Crippen LogP contribution in [0.2, 0.25) is 0 Å². The molecule has 2 aromatic carbocycles. The number of nitrogens with one attached hydrogen (secondary N) is 2. The van der Waals surface area contributed by atoms with Gasteiger partial charge in [-0.05, 0) is 48.7 Å². The summed E-state index contributed by atoms with van der Waals surface area (Å²) in [6.45, 7) is 5.28. The summed E-state index contributed by atoms with van der Waals surface area (Å²) in [5, 5.41) is 6.01. The Balaban J connectivity index is 1.75. The molecule has 0 aliphatic carbocycles. The maximum Gasteiger partial charge on any atom is 0.239 e. The van der Waals surface area contributed by atoms with Gasteiger partial charge in [0.05, 0.1) is 6.54 Å². The summed E-state index contributed by atoms with van der Waals surface area (Å²) in [5.74, 6) is 2.18. The predicted octanol–water partition coefficient (Wildman–Crippen LogP) is 4.05. The minimum absolute atomic E-state index is 0.00950. The minimum atomic E-state index is 0.00950. The van der Waals surface area contributed by atoms with E-state index in [1.54, 1.807) is 0 Å². The first-order valence-electron chi connectivity index (χ1n) is 7.97. The van der Waals surface area contributed by atoms with Crippen molar-refractivity contribution < 1.29 is 9.53 Å². The Labute approximate surface area is 137 Å². The topological polar surface area (TPSA) is 50.4 Å². The fraction of sp³-hybridized carbons (Fsp3) is 0.316. The molecule has 0 aliphatic heterocycles. The largest absolute Gasteiger partial charge is 0.457 e. The Morgan fingerprint density at radius 2 is 1.65 bits per heavy atom. The van der Waals surface area contributed by atoms with Gasteiger partial charge < -0.3 is 15.4 Å². The van der Waals surface area contributed by atoms with Crippen molar-refractivity contribution in [3.8, 4) is 11.5 Å². The second-order valence-corrected chi connectivity index (χ2v) is 5.83. The monoisotopic (exact) mass is 312 g/mol. The Kier molecular flexibility index (Phi) is 6.48. The van der Waals surface area contributed by atoms with E-state index in [4.69, 9.17) is 4.74 Å². The normalized spacial score (nSPS) is 10.4. The second kappa shape index (κ2) is 8.83. The average molecular weight is 312 g/mol. The van der Waals surface area contributed by atoms with Crippen molar-refractivity contribution in [2.24, 2.45) is 5.92 Å². The van der Waals surface area contributed by atoms with Crippen LogP contribution in [0, 0.1) is 5.92 Å². The van der Waals surface area contributed by atoms with Crippen molar-refractivity contribution >= 4 is 11.6 Å². The number of carbonyl (C=O) groups excluding carboxylic acids is 1. The third kappa shape index (κ3) is 6.43. The van der Waals surface area contributed by atoms with E-state index in [9.17, 15) is 4.79 Å². The molecule has 0 spiro atoms. The van der Waals surface area contributed by atoms with Gasteiger partial charge in [0.25, 0.3) is 0 Å². The highest BCUT2D eigenvalue weighted by atomic mass is 16.5. The van der Waals surface area contributed by atoms with E-state index in [2.05, 4.69) is 24.5 Å². The molecule has 0 saturated carbocycles. The Bertz CT molecular complexity index is 595. The Morgan fingerprint density at radius 1 is 1.00 bits per heavy atom. The number of carbonyl (C=O) groups is 1. The Morgan fingerprint density at radius 3 is 2.30 bits per heavy atom. The van der Waals surface area contributed by atoms with Crippen LogP contribution in [0.15, 0.2) is 54.6 Å². The van der Waals surface area contributed by atoms with Crippen molar-refractivity contribution in [2.75, 3.05) is 18.4 Å². The fourth-order valence-corrected chi connectivity index (χ4v) is 2.01. The van der Waals surface area contributed by atoms with E-state index >= 15 is 0 Å². The van der Waals surface area contributed by atoms with E-state index in [0.717, 1.165) is 30.2 Å². The summed E-state index contributed by atoms with van der Waals surface area (Å²) in [7, 11) is 0. The molecule has 4 heteroatoms. The number of hydrogen-bond acceptors (Lipinski definition) is 3. The lowest BCUT2D eigenvalue weighted by atomic mass is 10.1. The summed E-state index contributed by atoms with van der Waals surface area (Å²) in [5.41, 5.74) is 0.893. The van der Waals surface area contributed by atoms with E-state index < -0.39 is 0 Å². The molecule has 0 aliphatic rings. The molecule has 122 valence electrons. The van der Waals surface area contributed by atoms with E-state index in [1.807, 2.05) is 54.6 Å². The number of ether oxygens (including phenoxy) is 1. The molecule has 4 nitrogen and oxygen atoms in total. The van der Waals surface area contributed by atoms with Crippen LogP contribution >= 0.6 is 0 Å². The van der Waals surface area contributed by atoms with Gasteiger partial charge in [0.1, 0.15) is 11.5 Å². The third-order valence-electron chi connectivity index (χ3n) is 3.33. The van der Waals surface area contributed by atoms with Crippen LogP contribution < -0.4 is 15.4 Å². The molecule has 23 heavy (non-hydrogen) atoms. The molecule has 0 fully saturated rings. The average Bonchev–Trinajstić information content (AvgIpc) is 2.55. The van der Waals surface area contributed by atoms with Gasteiger partial charge in [0.2, 0.25) is 5.91 Å². The summed E-state index contributed by atoms with van der Waals surface area (Å²) in [4.78, 5) is 11.7. The number of anilines is 1. The van der Waals surface area contributed by atoms with Crippen LogP contribution in [-0.4, -0.2) is 19.0 Å². The van der Waals surface area contributed by atoms with E-state index in [0.29, 0.717) is 5.92 Å². The molecule has 0 bridgehead atoms. The maximum atomic E-state index is 11.7. The molecule has 2 rings (SSSR count). The first-order chi connectivity index (χ1) is 11.1. The molecule has 0 saturated heterocycles. The molecule has 2 N–H and O–H groups in total. The van der Waals surface area contributed by atoms with Crippen molar-refractivity contribution in [3.05, 3.63) is 54.6 Å². The van der Waals surface area contributed by atoms with Gasteiger partial charge in [-0.3, -0.25) is 4.79 Å². The van der Waals surface area contributed by atoms with Crippen LogP contribution in [0.25, 0.3) is 0 Å². The summed E-state index contributed by atoms with van der Waals surface area (Å²) in [6.07, 6.45) is 0.997. The predicted molar refractivity (Wildman–Crippen MR) is 93.9 cm³/mol. The van der Waals surface area contributed by atoms with Gasteiger partial charge in [-0.15, -0.1) is 0 Å². The van der Waals surface area contributed by atoms with Crippen LogP contribution in [0.5, 0.6) is 11.5 Å². The number of rotatable bonds is 8. The van der Waals surface area contributed by atoms with Gasteiger partial charge in [-0.1, -0.05) is 32.0 Å². The van der Waals surface area contributed by atoms with Crippen molar-refractivity contribution in [1.82, 2.24) is 5.32 Å². The molecule has 0 aromatic heterocycles. The van der Waals surface area contributed by atoms with Crippen LogP contribution in [-0.2, 0) is 4.79 Å². The molecule has 0 atom stereocenters. The summed E-state index contributed by atoms with van der Waals surface area (Å²) < 4.78 is 5.73. The molecule has 0 unspecified atom stereocenters. The molecule has 0 heterocycles. The van der Waals surface area contributed by atoms with Gasteiger partial charge in [-0.2, -0.15) is 0 Å². The highest BCUT2D eigenvalue weighted by Gasteiger charge is 2.02. The highest BCUT2D eigenvalue weighted by Crippen LogP contribution is 2.22. The van der Waals surface area contributed by atoms with Gasteiger partial charge in [0, 0.05) is 12.2 Å². The van der Waals surface area contributed by atoms with Crippen molar-refractivity contribution in [1.29, 1.82) is 0 Å². The zero-order valence-electron chi connectivity index (χ0n) is 13.7. The Hall–Kier alpha value is -2.49. The zero-order chi connectivity index (χ0) is 16.5. The number of hydrogen-bond donors (Lipinski definition) is 2. The second-order valence-electron chi connectivity index (χ2n) is 5.83. The molecule has 0 radical (unpaired) electrons. The first-order valence-corrected chi connectivity index (χ1v) is 7.97. The zero-order valence-corrected chi connectivity index (χ0v) is 13.7. The third-order valence-corrected chi connectivity index (χ3v) is 3.33. The first kappa shape index (κ1) is 16.9. The number of amides is 1. The van der Waals surface area contributed by atoms with E-state index in [-0.39, 0.29) is 12.5 Å².